The number of carbonyl (C=O) groups is 1. The average molecular weight is 385 g/mol. The van der Waals surface area contributed by atoms with E-state index in [-0.39, 0.29) is 5.69 Å². The second-order valence-corrected chi connectivity index (χ2v) is 7.68. The molecule has 3 N–H and O–H groups in total. The van der Waals surface area contributed by atoms with Crippen molar-refractivity contribution in [3.05, 3.63) is 53.6 Å². The van der Waals surface area contributed by atoms with Gasteiger partial charge in [-0.1, -0.05) is 35.9 Å². The SMILES string of the molecule is CS(=O)(=O)N(C[C@H](O)C(=O)NO)c1ccc(-c2ccc(Cl)cc2)cc1. The van der Waals surface area contributed by atoms with Crippen molar-refractivity contribution >= 4 is 33.2 Å². The zero-order valence-corrected chi connectivity index (χ0v) is 14.8. The molecule has 0 bridgehead atoms. The molecule has 0 aliphatic rings. The van der Waals surface area contributed by atoms with Crippen molar-refractivity contribution in [3.8, 4) is 11.1 Å². The van der Waals surface area contributed by atoms with Crippen molar-refractivity contribution in [2.45, 2.75) is 6.10 Å². The number of hydroxylamine groups is 1. The van der Waals surface area contributed by atoms with E-state index in [9.17, 15) is 18.3 Å². The molecule has 0 radical (unpaired) electrons. The molecular formula is C16H17ClN2O5S. The van der Waals surface area contributed by atoms with Crippen LogP contribution in [0.2, 0.25) is 5.02 Å². The van der Waals surface area contributed by atoms with Gasteiger partial charge in [0.25, 0.3) is 5.91 Å². The van der Waals surface area contributed by atoms with E-state index in [0.29, 0.717) is 5.02 Å². The second-order valence-electron chi connectivity index (χ2n) is 5.34. The highest BCUT2D eigenvalue weighted by atomic mass is 35.5. The number of anilines is 1. The lowest BCUT2D eigenvalue weighted by Gasteiger charge is -2.24. The third-order valence-electron chi connectivity index (χ3n) is 3.48. The first-order valence-corrected chi connectivity index (χ1v) is 9.40. The minimum absolute atomic E-state index is 0.282. The van der Waals surface area contributed by atoms with Crippen LogP contribution in [0.4, 0.5) is 5.69 Å². The lowest BCUT2D eigenvalue weighted by atomic mass is 10.1. The van der Waals surface area contributed by atoms with Gasteiger partial charge in [0.15, 0.2) is 6.10 Å². The van der Waals surface area contributed by atoms with Gasteiger partial charge in [-0.05, 0) is 35.4 Å². The molecule has 1 atom stereocenters. The number of benzene rings is 2. The number of rotatable bonds is 6. The van der Waals surface area contributed by atoms with E-state index < -0.39 is 28.6 Å². The highest BCUT2D eigenvalue weighted by Crippen LogP contribution is 2.25. The molecule has 0 aliphatic carbocycles. The Morgan fingerprint density at radius 1 is 1.12 bits per heavy atom. The summed E-state index contributed by atoms with van der Waals surface area (Å²) in [7, 11) is -3.74. The molecule has 25 heavy (non-hydrogen) atoms. The van der Waals surface area contributed by atoms with Gasteiger partial charge in [0, 0.05) is 5.02 Å². The Hall–Kier alpha value is -2.13. The van der Waals surface area contributed by atoms with Crippen molar-refractivity contribution in [1.29, 1.82) is 0 Å². The normalized spacial score (nSPS) is 12.5. The number of hydrogen-bond donors (Lipinski definition) is 3. The Morgan fingerprint density at radius 2 is 1.60 bits per heavy atom. The van der Waals surface area contributed by atoms with Gasteiger partial charge in [0.2, 0.25) is 10.0 Å². The lowest BCUT2D eigenvalue weighted by Crippen LogP contribution is -2.44. The Bertz CT molecular complexity index is 838. The number of amides is 1. The number of hydrogen-bond acceptors (Lipinski definition) is 5. The lowest BCUT2D eigenvalue weighted by molar-refractivity contribution is -0.137. The van der Waals surface area contributed by atoms with Crippen molar-refractivity contribution in [3.63, 3.8) is 0 Å². The number of sulfonamides is 1. The Kier molecular flexibility index (Phi) is 6.02. The van der Waals surface area contributed by atoms with Crippen LogP contribution in [-0.4, -0.2) is 43.5 Å². The second kappa shape index (κ2) is 7.83. The molecule has 0 saturated carbocycles. The summed E-state index contributed by atoms with van der Waals surface area (Å²) in [5.74, 6) is -1.09. The molecule has 0 saturated heterocycles. The van der Waals surface area contributed by atoms with Crippen LogP contribution in [0.25, 0.3) is 11.1 Å². The van der Waals surface area contributed by atoms with E-state index in [2.05, 4.69) is 0 Å². The van der Waals surface area contributed by atoms with Crippen molar-refractivity contribution < 1.29 is 23.5 Å². The predicted octanol–water partition coefficient (Wildman–Crippen LogP) is 1.64. The Labute approximate surface area is 150 Å². The first-order valence-electron chi connectivity index (χ1n) is 7.18. The van der Waals surface area contributed by atoms with Crippen LogP contribution in [0.15, 0.2) is 48.5 Å². The fourth-order valence-corrected chi connectivity index (χ4v) is 3.25. The maximum atomic E-state index is 12.0. The molecule has 1 amide bonds. The first kappa shape index (κ1) is 19.2. The molecule has 0 aliphatic heterocycles. The number of nitrogens with zero attached hydrogens (tertiary/aromatic N) is 1. The molecule has 7 nitrogen and oxygen atoms in total. The van der Waals surface area contributed by atoms with E-state index in [4.69, 9.17) is 16.8 Å². The fourth-order valence-electron chi connectivity index (χ4n) is 2.21. The van der Waals surface area contributed by atoms with Gasteiger partial charge < -0.3 is 5.11 Å². The van der Waals surface area contributed by atoms with Gasteiger partial charge in [0.05, 0.1) is 18.5 Å². The number of aliphatic hydroxyl groups excluding tert-OH is 1. The van der Waals surface area contributed by atoms with Crippen LogP contribution in [0.5, 0.6) is 0 Å². The molecule has 0 unspecified atom stereocenters. The molecule has 9 heteroatoms. The molecule has 0 spiro atoms. The molecule has 2 aromatic rings. The topological polar surface area (TPSA) is 107 Å². The number of nitrogens with one attached hydrogen (secondary N) is 1. The summed E-state index contributed by atoms with van der Waals surface area (Å²) < 4.78 is 24.8. The first-order chi connectivity index (χ1) is 11.7. The van der Waals surface area contributed by atoms with E-state index >= 15 is 0 Å². The molecule has 0 heterocycles. The van der Waals surface area contributed by atoms with Crippen molar-refractivity contribution in [2.75, 3.05) is 17.1 Å². The van der Waals surface area contributed by atoms with Crippen LogP contribution in [-0.2, 0) is 14.8 Å². The summed E-state index contributed by atoms with van der Waals surface area (Å²) in [5, 5.41) is 18.8. The number of carbonyl (C=O) groups excluding carboxylic acids is 1. The molecular weight excluding hydrogens is 368 g/mol. The van der Waals surface area contributed by atoms with Gasteiger partial charge in [0.1, 0.15) is 0 Å². The van der Waals surface area contributed by atoms with Crippen LogP contribution < -0.4 is 9.79 Å². The molecule has 2 rings (SSSR count). The van der Waals surface area contributed by atoms with Gasteiger partial charge in [-0.15, -0.1) is 0 Å². The van der Waals surface area contributed by atoms with E-state index in [1.165, 1.54) is 5.48 Å². The minimum atomic E-state index is -3.74. The zero-order valence-electron chi connectivity index (χ0n) is 13.3. The van der Waals surface area contributed by atoms with Crippen LogP contribution in [0.1, 0.15) is 0 Å². The minimum Gasteiger partial charge on any atom is -0.381 e. The third-order valence-corrected chi connectivity index (χ3v) is 4.90. The highest BCUT2D eigenvalue weighted by Gasteiger charge is 2.25. The van der Waals surface area contributed by atoms with Crippen LogP contribution in [0, 0.1) is 0 Å². The Morgan fingerprint density at radius 3 is 2.04 bits per heavy atom. The van der Waals surface area contributed by atoms with Crippen molar-refractivity contribution in [1.82, 2.24) is 5.48 Å². The predicted molar refractivity (Wildman–Crippen MR) is 95.0 cm³/mol. The summed E-state index contributed by atoms with van der Waals surface area (Å²) in [6.45, 7) is -0.522. The summed E-state index contributed by atoms with van der Waals surface area (Å²) in [5.41, 5.74) is 3.32. The number of halogens is 1. The molecule has 2 aromatic carbocycles. The third kappa shape index (κ3) is 4.93. The maximum Gasteiger partial charge on any atom is 0.274 e. The highest BCUT2D eigenvalue weighted by molar-refractivity contribution is 7.92. The van der Waals surface area contributed by atoms with Gasteiger partial charge in [-0.3, -0.25) is 14.3 Å². The quantitative estimate of drug-likeness (QED) is 0.518. The molecule has 0 fully saturated rings. The van der Waals surface area contributed by atoms with E-state index in [1.807, 2.05) is 12.1 Å². The average Bonchev–Trinajstić information content (AvgIpc) is 2.58. The fraction of sp³-hybridized carbons (Fsp3) is 0.188. The smallest absolute Gasteiger partial charge is 0.274 e. The Balaban J connectivity index is 2.29. The summed E-state index contributed by atoms with van der Waals surface area (Å²) in [6, 6.07) is 13.7. The zero-order chi connectivity index (χ0) is 18.6. The van der Waals surface area contributed by atoms with E-state index in [0.717, 1.165) is 21.7 Å². The number of aliphatic hydroxyl groups is 1. The molecule has 0 aromatic heterocycles. The standard InChI is InChI=1S/C16H17ClN2O5S/c1-25(23,24)19(10-15(20)16(21)18-22)14-8-4-12(5-9-14)11-2-6-13(17)7-3-11/h2-9,15,20,22H,10H2,1H3,(H,18,21)/t15-/m0/s1. The van der Waals surface area contributed by atoms with Crippen LogP contribution in [0.3, 0.4) is 0 Å². The summed E-state index contributed by atoms with van der Waals surface area (Å²) in [6.07, 6.45) is -0.750. The largest absolute Gasteiger partial charge is 0.381 e. The summed E-state index contributed by atoms with van der Waals surface area (Å²) >= 11 is 5.85. The van der Waals surface area contributed by atoms with E-state index in [1.54, 1.807) is 36.4 Å². The molecule has 134 valence electrons. The van der Waals surface area contributed by atoms with Gasteiger partial charge in [-0.25, -0.2) is 13.9 Å². The van der Waals surface area contributed by atoms with Gasteiger partial charge >= 0.3 is 0 Å². The monoisotopic (exact) mass is 384 g/mol. The van der Waals surface area contributed by atoms with Gasteiger partial charge in [-0.2, -0.15) is 0 Å². The van der Waals surface area contributed by atoms with Crippen LogP contribution >= 0.6 is 11.6 Å². The maximum absolute atomic E-state index is 12.0. The summed E-state index contributed by atoms with van der Waals surface area (Å²) in [4.78, 5) is 11.2. The van der Waals surface area contributed by atoms with Crippen molar-refractivity contribution in [2.24, 2.45) is 0 Å².